The third kappa shape index (κ3) is 3.72. The van der Waals surface area contributed by atoms with Gasteiger partial charge in [0.25, 0.3) is 0 Å². The van der Waals surface area contributed by atoms with E-state index in [-0.39, 0.29) is 21.8 Å². The van der Waals surface area contributed by atoms with Crippen molar-refractivity contribution < 1.29 is 19.4 Å². The van der Waals surface area contributed by atoms with Crippen molar-refractivity contribution in [3.05, 3.63) is 34.2 Å². The Balaban J connectivity index is 0.000000246. The fourth-order valence-electron chi connectivity index (χ4n) is 2.28. The van der Waals surface area contributed by atoms with Crippen molar-refractivity contribution in [2.24, 2.45) is 0 Å². The average molecular weight is 371 g/mol. The van der Waals surface area contributed by atoms with Crippen LogP contribution in [0, 0.1) is 5.82 Å². The second kappa shape index (κ2) is 7.02. The summed E-state index contributed by atoms with van der Waals surface area (Å²) in [7, 11) is 0. The van der Waals surface area contributed by atoms with Gasteiger partial charge in [0.15, 0.2) is 0 Å². The van der Waals surface area contributed by atoms with Gasteiger partial charge in [-0.15, -0.1) is 0 Å². The summed E-state index contributed by atoms with van der Waals surface area (Å²) in [5.74, 6) is -1.63. The molecule has 7 heteroatoms. The lowest BCUT2D eigenvalue weighted by Gasteiger charge is -2.05. The highest BCUT2D eigenvalue weighted by atomic mass is 79.9. The molecule has 0 bridgehead atoms. The van der Waals surface area contributed by atoms with E-state index in [1.54, 1.807) is 0 Å². The van der Waals surface area contributed by atoms with Gasteiger partial charge < -0.3 is 15.9 Å². The van der Waals surface area contributed by atoms with Gasteiger partial charge in [-0.25, -0.2) is 9.18 Å². The van der Waals surface area contributed by atoms with Crippen LogP contribution >= 0.6 is 15.9 Å². The number of hydrogen-bond acceptors (Lipinski definition) is 4. The van der Waals surface area contributed by atoms with Crippen LogP contribution in [0.25, 0.3) is 10.9 Å². The van der Waals surface area contributed by atoms with Crippen molar-refractivity contribution in [3.63, 3.8) is 0 Å². The molecule has 118 valence electrons. The van der Waals surface area contributed by atoms with Gasteiger partial charge in [-0.2, -0.15) is 0 Å². The zero-order chi connectivity index (χ0) is 16.3. The number of aromatic nitrogens is 1. The van der Waals surface area contributed by atoms with Crippen LogP contribution in [0.1, 0.15) is 36.0 Å². The Morgan fingerprint density at radius 3 is 2.50 bits per heavy atom. The van der Waals surface area contributed by atoms with Gasteiger partial charge in [-0.3, -0.25) is 4.98 Å². The number of aromatic carboxylic acids is 1. The zero-order valence-corrected chi connectivity index (χ0v) is 13.3. The standard InChI is InChI=1S/C10H6BrFN2O2.C5H10O/c11-6-1-4-8(2-7(6)12)14-3-5(9(4)13)10(15)16;6-5-3-1-2-4-5/h1-3H,(H2,13,14)(H,15,16);5-6H,1-4H2. The SMILES string of the molecule is Nc1c(C(=O)O)cnc2cc(F)c(Br)cc12.OC1CCCC1. The maximum Gasteiger partial charge on any atom is 0.339 e. The Labute approximate surface area is 135 Å². The summed E-state index contributed by atoms with van der Waals surface area (Å²) in [6.45, 7) is 0. The van der Waals surface area contributed by atoms with Crippen molar-refractivity contribution >= 4 is 38.5 Å². The van der Waals surface area contributed by atoms with E-state index in [9.17, 15) is 9.18 Å². The number of nitrogens with two attached hydrogens (primary N) is 1. The fraction of sp³-hybridized carbons (Fsp3) is 0.333. The summed E-state index contributed by atoms with van der Waals surface area (Å²) in [6, 6.07) is 2.61. The van der Waals surface area contributed by atoms with E-state index in [0.717, 1.165) is 19.0 Å². The molecule has 0 radical (unpaired) electrons. The van der Waals surface area contributed by atoms with Crippen molar-refractivity contribution in [3.8, 4) is 0 Å². The first-order chi connectivity index (χ1) is 10.4. The molecule has 2 aromatic rings. The number of carbonyl (C=O) groups is 1. The Morgan fingerprint density at radius 2 is 2.00 bits per heavy atom. The fourth-order valence-corrected chi connectivity index (χ4v) is 2.63. The Kier molecular flexibility index (Phi) is 5.31. The van der Waals surface area contributed by atoms with Crippen LogP contribution in [-0.4, -0.2) is 27.3 Å². The highest BCUT2D eigenvalue weighted by Gasteiger charge is 2.13. The number of aliphatic hydroxyl groups is 1. The lowest BCUT2D eigenvalue weighted by atomic mass is 10.1. The smallest absolute Gasteiger partial charge is 0.339 e. The molecule has 0 spiro atoms. The number of aliphatic hydroxyl groups excluding tert-OH is 1. The number of pyridine rings is 1. The van der Waals surface area contributed by atoms with Crippen molar-refractivity contribution in [2.45, 2.75) is 31.8 Å². The number of anilines is 1. The van der Waals surface area contributed by atoms with Gasteiger partial charge in [-0.1, -0.05) is 12.8 Å². The summed E-state index contributed by atoms with van der Waals surface area (Å²) in [5.41, 5.74) is 5.99. The van der Waals surface area contributed by atoms with E-state index < -0.39 is 11.8 Å². The minimum atomic E-state index is -1.16. The number of nitrogen functional groups attached to an aromatic ring is 1. The molecule has 0 aliphatic heterocycles. The van der Waals surface area contributed by atoms with E-state index >= 15 is 0 Å². The molecular formula is C15H16BrFN2O3. The molecule has 3 rings (SSSR count). The Bertz CT molecular complexity index is 703. The highest BCUT2D eigenvalue weighted by molar-refractivity contribution is 9.10. The van der Waals surface area contributed by atoms with E-state index in [2.05, 4.69) is 20.9 Å². The van der Waals surface area contributed by atoms with Gasteiger partial charge in [0.05, 0.1) is 21.8 Å². The Morgan fingerprint density at radius 1 is 1.36 bits per heavy atom. The molecule has 5 nitrogen and oxygen atoms in total. The number of rotatable bonds is 1. The van der Waals surface area contributed by atoms with E-state index in [4.69, 9.17) is 15.9 Å². The third-order valence-corrected chi connectivity index (χ3v) is 4.11. The van der Waals surface area contributed by atoms with Gasteiger partial charge in [0, 0.05) is 17.6 Å². The number of halogens is 2. The molecule has 1 heterocycles. The first-order valence-electron chi connectivity index (χ1n) is 6.84. The number of hydrogen-bond donors (Lipinski definition) is 3. The van der Waals surface area contributed by atoms with Crippen LogP contribution < -0.4 is 5.73 Å². The minimum absolute atomic E-state index is 0.0463. The van der Waals surface area contributed by atoms with Gasteiger partial charge in [-0.05, 0) is 34.8 Å². The summed E-state index contributed by atoms with van der Waals surface area (Å²) in [5, 5.41) is 18.0. The van der Waals surface area contributed by atoms with E-state index in [0.29, 0.717) is 10.9 Å². The number of carboxylic acids is 1. The normalized spacial score (nSPS) is 14.7. The highest BCUT2D eigenvalue weighted by Crippen LogP contribution is 2.28. The van der Waals surface area contributed by atoms with Crippen LogP contribution in [-0.2, 0) is 0 Å². The van der Waals surface area contributed by atoms with Crippen LogP contribution in [0.5, 0.6) is 0 Å². The molecule has 0 amide bonds. The average Bonchev–Trinajstić information content (AvgIpc) is 2.93. The van der Waals surface area contributed by atoms with Crippen molar-refractivity contribution in [1.82, 2.24) is 4.98 Å². The van der Waals surface area contributed by atoms with Crippen LogP contribution in [0.3, 0.4) is 0 Å². The first-order valence-corrected chi connectivity index (χ1v) is 7.64. The molecule has 0 unspecified atom stereocenters. The maximum absolute atomic E-state index is 13.2. The number of nitrogens with zero attached hydrogens (tertiary/aromatic N) is 1. The molecule has 1 aliphatic carbocycles. The van der Waals surface area contributed by atoms with Crippen molar-refractivity contribution in [1.29, 1.82) is 0 Å². The molecule has 0 saturated heterocycles. The van der Waals surface area contributed by atoms with Gasteiger partial charge in [0.2, 0.25) is 0 Å². The molecule has 1 aromatic heterocycles. The van der Waals surface area contributed by atoms with Crippen molar-refractivity contribution in [2.75, 3.05) is 5.73 Å². The Hall–Kier alpha value is -1.73. The van der Waals surface area contributed by atoms with E-state index in [1.807, 2.05) is 0 Å². The van der Waals surface area contributed by atoms with Gasteiger partial charge in [0.1, 0.15) is 11.4 Å². The molecule has 22 heavy (non-hydrogen) atoms. The number of benzene rings is 1. The summed E-state index contributed by atoms with van der Waals surface area (Å²) in [6.07, 6.45) is 5.72. The quantitative estimate of drug-likeness (QED) is 0.715. The third-order valence-electron chi connectivity index (χ3n) is 3.51. The molecule has 1 fully saturated rings. The molecule has 4 N–H and O–H groups in total. The maximum atomic E-state index is 13.2. The lowest BCUT2D eigenvalue weighted by Crippen LogP contribution is -2.04. The number of carboxylic acid groups (broad SMARTS) is 1. The summed E-state index contributed by atoms with van der Waals surface area (Å²) < 4.78 is 13.4. The van der Waals surface area contributed by atoms with Gasteiger partial charge >= 0.3 is 5.97 Å². The predicted octanol–water partition coefficient (Wildman–Crippen LogP) is 3.34. The molecular weight excluding hydrogens is 355 g/mol. The van der Waals surface area contributed by atoms with Crippen LogP contribution in [0.15, 0.2) is 22.8 Å². The monoisotopic (exact) mass is 370 g/mol. The minimum Gasteiger partial charge on any atom is -0.478 e. The first kappa shape index (κ1) is 16.6. The molecule has 1 saturated carbocycles. The summed E-state index contributed by atoms with van der Waals surface area (Å²) in [4.78, 5) is 14.7. The summed E-state index contributed by atoms with van der Waals surface area (Å²) >= 11 is 3.01. The van der Waals surface area contributed by atoms with E-state index in [1.165, 1.54) is 25.0 Å². The largest absolute Gasteiger partial charge is 0.478 e. The topological polar surface area (TPSA) is 96.4 Å². The lowest BCUT2D eigenvalue weighted by molar-refractivity contribution is 0.0698. The molecule has 0 atom stereocenters. The second-order valence-electron chi connectivity index (χ2n) is 5.11. The predicted molar refractivity (Wildman–Crippen MR) is 85.2 cm³/mol. The van der Waals surface area contributed by atoms with Crippen LogP contribution in [0.4, 0.5) is 10.1 Å². The zero-order valence-electron chi connectivity index (χ0n) is 11.7. The second-order valence-corrected chi connectivity index (χ2v) is 5.97. The molecule has 1 aliphatic rings. The van der Waals surface area contributed by atoms with Crippen LogP contribution in [0.2, 0.25) is 0 Å². The number of fused-ring (bicyclic) bond motifs is 1. The molecule has 1 aromatic carbocycles.